The van der Waals surface area contributed by atoms with Gasteiger partial charge in [-0.25, -0.2) is 0 Å². The molecular weight excluding hydrogens is 226 g/mol. The smallest absolute Gasteiger partial charge is 0.144 e. The van der Waals surface area contributed by atoms with Gasteiger partial charge in [-0.2, -0.15) is 0 Å². The third-order valence-corrected chi connectivity index (χ3v) is 2.69. The lowest BCUT2D eigenvalue weighted by molar-refractivity contribution is -0.0505. The highest BCUT2D eigenvalue weighted by Crippen LogP contribution is 2.08. The van der Waals surface area contributed by atoms with Crippen LogP contribution in [0.1, 0.15) is 5.56 Å². The molecule has 16 heavy (non-hydrogen) atoms. The lowest BCUT2D eigenvalue weighted by atomic mass is 10.2. The van der Waals surface area contributed by atoms with E-state index in [0.717, 1.165) is 6.54 Å². The van der Waals surface area contributed by atoms with Crippen molar-refractivity contribution in [2.75, 3.05) is 19.7 Å². The van der Waals surface area contributed by atoms with Crippen molar-refractivity contribution in [2.24, 2.45) is 0 Å². The molecule has 2 unspecified atom stereocenters. The number of rotatable bonds is 4. The van der Waals surface area contributed by atoms with Gasteiger partial charge in [-0.15, -0.1) is 0 Å². The maximum Gasteiger partial charge on any atom is 0.144 e. The summed E-state index contributed by atoms with van der Waals surface area (Å²) in [5.41, 5.74) is 0.938. The maximum absolute atomic E-state index is 5.87. The first-order valence-corrected chi connectivity index (χ1v) is 5.90. The number of hydrogen-bond acceptors (Lipinski definition) is 3. The molecule has 1 fully saturated rings. The molecular formula is C12H16ClNO2. The zero-order valence-electron chi connectivity index (χ0n) is 9.06. The Morgan fingerprint density at radius 1 is 1.31 bits per heavy atom. The second-order valence-electron chi connectivity index (χ2n) is 3.83. The van der Waals surface area contributed by atoms with E-state index < -0.39 is 0 Å². The number of ether oxygens (including phenoxy) is 2. The Balaban J connectivity index is 1.68. The van der Waals surface area contributed by atoms with Crippen molar-refractivity contribution in [3.8, 4) is 0 Å². The van der Waals surface area contributed by atoms with E-state index in [4.69, 9.17) is 21.1 Å². The maximum atomic E-state index is 5.87. The van der Waals surface area contributed by atoms with Crippen molar-refractivity contribution in [2.45, 2.75) is 18.3 Å². The number of nitrogens with one attached hydrogen (secondary N) is 1. The Labute approximate surface area is 101 Å². The molecule has 1 N–H and O–H groups in total. The molecule has 0 radical (unpaired) electrons. The molecule has 1 aliphatic rings. The highest BCUT2D eigenvalue weighted by Gasteiger charge is 2.19. The van der Waals surface area contributed by atoms with Crippen molar-refractivity contribution >= 4 is 11.6 Å². The second-order valence-corrected chi connectivity index (χ2v) is 4.31. The van der Waals surface area contributed by atoms with E-state index in [0.29, 0.717) is 19.8 Å². The highest BCUT2D eigenvalue weighted by atomic mass is 35.5. The largest absolute Gasteiger partial charge is 0.374 e. The topological polar surface area (TPSA) is 30.5 Å². The molecule has 0 amide bonds. The van der Waals surface area contributed by atoms with Crippen LogP contribution >= 0.6 is 11.6 Å². The van der Waals surface area contributed by atoms with Crippen molar-refractivity contribution in [1.29, 1.82) is 0 Å². The van der Waals surface area contributed by atoms with Crippen LogP contribution in [0.5, 0.6) is 0 Å². The summed E-state index contributed by atoms with van der Waals surface area (Å²) in [7, 11) is 0. The average molecular weight is 242 g/mol. The van der Waals surface area contributed by atoms with Crippen molar-refractivity contribution in [1.82, 2.24) is 5.32 Å². The lowest BCUT2D eigenvalue weighted by Gasteiger charge is -2.27. The molecule has 4 heteroatoms. The number of benzene rings is 1. The van der Waals surface area contributed by atoms with Gasteiger partial charge < -0.3 is 14.8 Å². The van der Waals surface area contributed by atoms with Gasteiger partial charge >= 0.3 is 0 Å². The number of halogens is 1. The number of alkyl halides is 1. The molecule has 1 aromatic carbocycles. The predicted octanol–water partition coefficient (Wildman–Crippen LogP) is 1.76. The molecule has 88 valence electrons. The zero-order valence-corrected chi connectivity index (χ0v) is 9.82. The highest BCUT2D eigenvalue weighted by molar-refractivity contribution is 6.19. The SMILES string of the molecule is ClC1CNCC(COCc2ccccc2)O1. The quantitative estimate of drug-likeness (QED) is 0.815. The third-order valence-electron chi connectivity index (χ3n) is 2.43. The monoisotopic (exact) mass is 241 g/mol. The molecule has 0 aliphatic carbocycles. The predicted molar refractivity (Wildman–Crippen MR) is 63.5 cm³/mol. The molecule has 1 heterocycles. The van der Waals surface area contributed by atoms with Crippen LogP contribution in [0.4, 0.5) is 0 Å². The van der Waals surface area contributed by atoms with Gasteiger partial charge in [-0.1, -0.05) is 41.9 Å². The van der Waals surface area contributed by atoms with Crippen LogP contribution in [0.15, 0.2) is 30.3 Å². The fourth-order valence-corrected chi connectivity index (χ4v) is 1.90. The van der Waals surface area contributed by atoms with Crippen LogP contribution < -0.4 is 5.32 Å². The van der Waals surface area contributed by atoms with Gasteiger partial charge in [0.05, 0.1) is 19.3 Å². The molecule has 1 aliphatic heterocycles. The summed E-state index contributed by atoms with van der Waals surface area (Å²) >= 11 is 5.87. The van der Waals surface area contributed by atoms with Crippen molar-refractivity contribution < 1.29 is 9.47 Å². The standard InChI is InChI=1S/C12H16ClNO2/c13-12-7-14-6-11(16-12)9-15-8-10-4-2-1-3-5-10/h1-5,11-12,14H,6-9H2. The molecule has 2 rings (SSSR count). The van der Waals surface area contributed by atoms with Crippen LogP contribution in [-0.4, -0.2) is 31.4 Å². The molecule has 0 aromatic heterocycles. The molecule has 1 aromatic rings. The first kappa shape index (κ1) is 11.9. The molecule has 3 nitrogen and oxygen atoms in total. The first-order chi connectivity index (χ1) is 7.84. The Morgan fingerprint density at radius 3 is 2.88 bits per heavy atom. The number of hydrogen-bond donors (Lipinski definition) is 1. The molecule has 2 atom stereocenters. The molecule has 0 saturated carbocycles. The average Bonchev–Trinajstić information content (AvgIpc) is 2.30. The summed E-state index contributed by atoms with van der Waals surface area (Å²) in [6.07, 6.45) is 0.0555. The summed E-state index contributed by atoms with van der Waals surface area (Å²) in [5, 5.41) is 3.20. The van der Waals surface area contributed by atoms with Gasteiger partial charge in [-0.05, 0) is 5.56 Å². The minimum absolute atomic E-state index is 0.0555. The molecule has 0 bridgehead atoms. The van der Waals surface area contributed by atoms with E-state index in [1.807, 2.05) is 30.3 Å². The Hall–Kier alpha value is -0.610. The van der Waals surface area contributed by atoms with E-state index in [2.05, 4.69) is 5.32 Å². The van der Waals surface area contributed by atoms with Gasteiger partial charge in [0, 0.05) is 13.1 Å². The molecule has 1 saturated heterocycles. The summed E-state index contributed by atoms with van der Waals surface area (Å²) in [4.78, 5) is 0. The van der Waals surface area contributed by atoms with E-state index in [9.17, 15) is 0 Å². The van der Waals surface area contributed by atoms with Crippen molar-refractivity contribution in [3.05, 3.63) is 35.9 Å². The van der Waals surface area contributed by atoms with Crippen LogP contribution in [0.25, 0.3) is 0 Å². The normalized spacial score (nSPS) is 25.6. The van der Waals surface area contributed by atoms with Gasteiger partial charge in [0.15, 0.2) is 0 Å². The first-order valence-electron chi connectivity index (χ1n) is 5.46. The fraction of sp³-hybridized carbons (Fsp3) is 0.500. The van der Waals surface area contributed by atoms with Gasteiger partial charge in [-0.3, -0.25) is 0 Å². The van der Waals surface area contributed by atoms with Gasteiger partial charge in [0.25, 0.3) is 0 Å². The summed E-state index contributed by atoms with van der Waals surface area (Å²) in [5.74, 6) is 0. The summed E-state index contributed by atoms with van der Waals surface area (Å²) < 4.78 is 11.1. The Morgan fingerprint density at radius 2 is 2.12 bits per heavy atom. The Bertz CT molecular complexity index is 307. The minimum atomic E-state index is -0.237. The van der Waals surface area contributed by atoms with E-state index in [-0.39, 0.29) is 11.7 Å². The summed E-state index contributed by atoms with van der Waals surface area (Å²) in [6, 6.07) is 10.1. The second kappa shape index (κ2) is 6.21. The third kappa shape index (κ3) is 3.76. The zero-order chi connectivity index (χ0) is 11.2. The van der Waals surface area contributed by atoms with E-state index in [1.165, 1.54) is 5.56 Å². The Kier molecular flexibility index (Phi) is 4.60. The van der Waals surface area contributed by atoms with Gasteiger partial charge in [0.1, 0.15) is 5.56 Å². The van der Waals surface area contributed by atoms with E-state index in [1.54, 1.807) is 0 Å². The number of morpholine rings is 1. The lowest BCUT2D eigenvalue weighted by Crippen LogP contribution is -2.44. The summed E-state index contributed by atoms with van der Waals surface area (Å²) in [6.45, 7) is 2.70. The van der Waals surface area contributed by atoms with E-state index >= 15 is 0 Å². The van der Waals surface area contributed by atoms with Crippen LogP contribution in [0, 0.1) is 0 Å². The van der Waals surface area contributed by atoms with Gasteiger partial charge in [0.2, 0.25) is 0 Å². The molecule has 0 spiro atoms. The minimum Gasteiger partial charge on any atom is -0.374 e. The van der Waals surface area contributed by atoms with Crippen molar-refractivity contribution in [3.63, 3.8) is 0 Å². The van der Waals surface area contributed by atoms with Crippen LogP contribution in [-0.2, 0) is 16.1 Å². The van der Waals surface area contributed by atoms with Crippen LogP contribution in [0.2, 0.25) is 0 Å². The fourth-order valence-electron chi connectivity index (χ4n) is 1.64. The van der Waals surface area contributed by atoms with Crippen LogP contribution in [0.3, 0.4) is 0 Å².